The van der Waals surface area contributed by atoms with Crippen LogP contribution in [0.15, 0.2) is 30.3 Å². The maximum atomic E-state index is 11.8. The number of carbonyl (C=O) groups is 2. The minimum absolute atomic E-state index is 0.0130. The number of Topliss-reactive ketones (excluding diaryl/α,β-unsaturated/α-hetero) is 1. The molecule has 22 heavy (non-hydrogen) atoms. The molecule has 1 rings (SSSR count). The number of esters is 1. The van der Waals surface area contributed by atoms with E-state index in [4.69, 9.17) is 4.74 Å². The summed E-state index contributed by atoms with van der Waals surface area (Å²) in [5.74, 6) is -0.771. The Morgan fingerprint density at radius 1 is 1.14 bits per heavy atom. The van der Waals surface area contributed by atoms with Gasteiger partial charge in [0.1, 0.15) is 12.2 Å². The van der Waals surface area contributed by atoms with Crippen LogP contribution in [0.5, 0.6) is 0 Å². The lowest BCUT2D eigenvalue weighted by atomic mass is 9.90. The van der Waals surface area contributed by atoms with Crippen LogP contribution in [0.1, 0.15) is 51.5 Å². The molecule has 0 atom stereocenters. The van der Waals surface area contributed by atoms with E-state index in [1.165, 1.54) is 5.56 Å². The van der Waals surface area contributed by atoms with Gasteiger partial charge in [-0.05, 0) is 31.2 Å². The van der Waals surface area contributed by atoms with Crippen molar-refractivity contribution in [1.82, 2.24) is 0 Å². The fourth-order valence-electron chi connectivity index (χ4n) is 2.25. The molecule has 0 bridgehead atoms. The van der Waals surface area contributed by atoms with Crippen molar-refractivity contribution in [3.63, 3.8) is 0 Å². The van der Waals surface area contributed by atoms with Gasteiger partial charge in [-0.1, -0.05) is 44.2 Å². The second-order valence-electron chi connectivity index (χ2n) is 5.63. The Morgan fingerprint density at radius 2 is 1.77 bits per heavy atom. The molecule has 0 saturated heterocycles. The lowest BCUT2D eigenvalue weighted by molar-refractivity contribution is -0.147. The lowest BCUT2D eigenvalue weighted by Gasteiger charge is -2.23. The highest BCUT2D eigenvalue weighted by atomic mass is 16.5. The molecule has 4 heteroatoms. The summed E-state index contributed by atoms with van der Waals surface area (Å²) in [4.78, 5) is 23.4. The first kappa shape index (κ1) is 18.4. The topological polar surface area (TPSA) is 63.6 Å². The van der Waals surface area contributed by atoms with E-state index < -0.39 is 11.6 Å². The van der Waals surface area contributed by atoms with Gasteiger partial charge in [0.2, 0.25) is 0 Å². The number of aryl methyl sites for hydroxylation is 1. The summed E-state index contributed by atoms with van der Waals surface area (Å²) in [6.07, 6.45) is 2.33. The van der Waals surface area contributed by atoms with Crippen molar-refractivity contribution in [2.75, 3.05) is 6.61 Å². The SMILES string of the molecule is CCC(O)(CC)CC(=O)CC(=O)OCCCc1ccccc1. The monoisotopic (exact) mass is 306 g/mol. The molecule has 0 aliphatic heterocycles. The summed E-state index contributed by atoms with van der Waals surface area (Å²) in [5.41, 5.74) is 0.204. The van der Waals surface area contributed by atoms with Crippen LogP contribution in [0.2, 0.25) is 0 Å². The van der Waals surface area contributed by atoms with E-state index in [2.05, 4.69) is 0 Å². The Morgan fingerprint density at radius 3 is 2.36 bits per heavy atom. The van der Waals surface area contributed by atoms with Crippen LogP contribution < -0.4 is 0 Å². The first-order chi connectivity index (χ1) is 10.5. The van der Waals surface area contributed by atoms with Crippen molar-refractivity contribution in [3.8, 4) is 0 Å². The molecule has 0 fully saturated rings. The van der Waals surface area contributed by atoms with Gasteiger partial charge >= 0.3 is 5.97 Å². The smallest absolute Gasteiger partial charge is 0.313 e. The summed E-state index contributed by atoms with van der Waals surface area (Å²) in [6.45, 7) is 3.98. The van der Waals surface area contributed by atoms with Crippen molar-refractivity contribution < 1.29 is 19.4 Å². The zero-order valence-corrected chi connectivity index (χ0v) is 13.5. The number of ether oxygens (including phenoxy) is 1. The number of ketones is 1. The van der Waals surface area contributed by atoms with E-state index in [1.807, 2.05) is 44.2 Å². The van der Waals surface area contributed by atoms with Gasteiger partial charge < -0.3 is 9.84 Å². The Hall–Kier alpha value is -1.68. The third kappa shape index (κ3) is 6.85. The molecule has 0 aromatic heterocycles. The minimum Gasteiger partial charge on any atom is -0.465 e. The number of hydrogen-bond acceptors (Lipinski definition) is 4. The average Bonchev–Trinajstić information content (AvgIpc) is 2.52. The molecule has 4 nitrogen and oxygen atoms in total. The van der Waals surface area contributed by atoms with Gasteiger partial charge in [-0.3, -0.25) is 9.59 Å². The highest BCUT2D eigenvalue weighted by Crippen LogP contribution is 2.20. The maximum absolute atomic E-state index is 11.8. The number of carbonyl (C=O) groups excluding carboxylic acids is 2. The Bertz CT molecular complexity index is 463. The highest BCUT2D eigenvalue weighted by molar-refractivity contribution is 5.95. The van der Waals surface area contributed by atoms with Gasteiger partial charge in [-0.2, -0.15) is 0 Å². The molecule has 0 saturated carbocycles. The first-order valence-corrected chi connectivity index (χ1v) is 7.92. The van der Waals surface area contributed by atoms with Crippen LogP contribution in [-0.4, -0.2) is 29.1 Å². The summed E-state index contributed by atoms with van der Waals surface area (Å²) in [5, 5.41) is 10.1. The van der Waals surface area contributed by atoms with Crippen LogP contribution >= 0.6 is 0 Å². The van der Waals surface area contributed by atoms with Gasteiger partial charge in [-0.25, -0.2) is 0 Å². The fraction of sp³-hybridized carbons (Fsp3) is 0.556. The van der Waals surface area contributed by atoms with Crippen LogP contribution in [0.4, 0.5) is 0 Å². The molecule has 0 aliphatic rings. The number of benzene rings is 1. The number of rotatable bonds is 10. The fourth-order valence-corrected chi connectivity index (χ4v) is 2.25. The Balaban J connectivity index is 2.21. The summed E-state index contributed by atoms with van der Waals surface area (Å²) >= 11 is 0. The number of hydrogen-bond donors (Lipinski definition) is 1. The molecule has 0 spiro atoms. The largest absolute Gasteiger partial charge is 0.465 e. The predicted molar refractivity (Wildman–Crippen MR) is 85.5 cm³/mol. The van der Waals surface area contributed by atoms with Crippen LogP contribution in [0.25, 0.3) is 0 Å². The van der Waals surface area contributed by atoms with E-state index in [-0.39, 0.29) is 18.6 Å². The predicted octanol–water partition coefficient (Wildman–Crippen LogP) is 3.06. The van der Waals surface area contributed by atoms with E-state index in [1.54, 1.807) is 0 Å². The molecule has 0 aliphatic carbocycles. The highest BCUT2D eigenvalue weighted by Gasteiger charge is 2.26. The van der Waals surface area contributed by atoms with Crippen molar-refractivity contribution in [2.24, 2.45) is 0 Å². The molecule has 0 heterocycles. The van der Waals surface area contributed by atoms with Gasteiger partial charge in [0.25, 0.3) is 0 Å². The average molecular weight is 306 g/mol. The Labute approximate surface area is 132 Å². The lowest BCUT2D eigenvalue weighted by Crippen LogP contribution is -2.31. The Kier molecular flexibility index (Phi) is 7.82. The summed E-state index contributed by atoms with van der Waals surface area (Å²) in [6, 6.07) is 9.97. The van der Waals surface area contributed by atoms with Gasteiger partial charge in [0, 0.05) is 6.42 Å². The second kappa shape index (κ2) is 9.36. The maximum Gasteiger partial charge on any atom is 0.313 e. The molecule has 122 valence electrons. The zero-order valence-electron chi connectivity index (χ0n) is 13.5. The summed E-state index contributed by atoms with van der Waals surface area (Å²) < 4.78 is 5.07. The number of aliphatic hydroxyl groups is 1. The molecule has 0 radical (unpaired) electrons. The van der Waals surface area contributed by atoms with Crippen molar-refractivity contribution in [1.29, 1.82) is 0 Å². The standard InChI is InChI=1S/C18H26O4/c1-3-18(21,4-2)14-16(19)13-17(20)22-12-8-11-15-9-6-5-7-10-15/h5-7,9-10,21H,3-4,8,11-14H2,1-2H3. The quantitative estimate of drug-likeness (QED) is 0.410. The van der Waals surface area contributed by atoms with Crippen molar-refractivity contribution in [3.05, 3.63) is 35.9 Å². The van der Waals surface area contributed by atoms with E-state index in [9.17, 15) is 14.7 Å². The van der Waals surface area contributed by atoms with E-state index in [0.717, 1.165) is 12.8 Å². The van der Waals surface area contributed by atoms with Crippen LogP contribution in [-0.2, 0) is 20.7 Å². The second-order valence-corrected chi connectivity index (χ2v) is 5.63. The third-order valence-electron chi connectivity index (χ3n) is 3.90. The molecular weight excluding hydrogens is 280 g/mol. The third-order valence-corrected chi connectivity index (χ3v) is 3.90. The zero-order chi connectivity index (χ0) is 16.4. The summed E-state index contributed by atoms with van der Waals surface area (Å²) in [7, 11) is 0. The van der Waals surface area contributed by atoms with Gasteiger partial charge in [0.05, 0.1) is 12.2 Å². The van der Waals surface area contributed by atoms with Crippen molar-refractivity contribution in [2.45, 2.75) is 58.0 Å². The van der Waals surface area contributed by atoms with Crippen LogP contribution in [0.3, 0.4) is 0 Å². The van der Waals surface area contributed by atoms with Gasteiger partial charge in [-0.15, -0.1) is 0 Å². The van der Waals surface area contributed by atoms with Crippen LogP contribution in [0, 0.1) is 0 Å². The molecule has 1 N–H and O–H groups in total. The molecule has 1 aromatic carbocycles. The van der Waals surface area contributed by atoms with E-state index >= 15 is 0 Å². The normalized spacial score (nSPS) is 11.2. The molecular formula is C18H26O4. The molecule has 0 amide bonds. The first-order valence-electron chi connectivity index (χ1n) is 7.92. The molecule has 1 aromatic rings. The minimum atomic E-state index is -0.995. The van der Waals surface area contributed by atoms with Gasteiger partial charge in [0.15, 0.2) is 0 Å². The molecule has 0 unspecified atom stereocenters. The van der Waals surface area contributed by atoms with Crippen molar-refractivity contribution >= 4 is 11.8 Å². The van der Waals surface area contributed by atoms with E-state index in [0.29, 0.717) is 19.4 Å².